The maximum atomic E-state index is 12.4. The van der Waals surface area contributed by atoms with Crippen molar-refractivity contribution in [1.82, 2.24) is 16.0 Å². The number of carbonyl (C=O) groups excluding carboxylic acids is 3. The van der Waals surface area contributed by atoms with E-state index in [0.717, 1.165) is 5.39 Å². The summed E-state index contributed by atoms with van der Waals surface area (Å²) in [4.78, 5) is 36.5. The molecular formula is C21H29N3O5. The number of para-hydroxylation sites is 1. The summed E-state index contributed by atoms with van der Waals surface area (Å²) in [7, 11) is 0. The molecule has 1 aromatic heterocycles. The van der Waals surface area contributed by atoms with Crippen molar-refractivity contribution >= 4 is 28.9 Å². The average molecular weight is 403 g/mol. The topological polar surface area (TPSA) is 110 Å². The van der Waals surface area contributed by atoms with E-state index >= 15 is 0 Å². The molecule has 3 amide bonds. The largest absolute Gasteiger partial charge is 0.451 e. The molecule has 0 aliphatic carbocycles. The summed E-state index contributed by atoms with van der Waals surface area (Å²) in [6, 6.07) is 7.96. The van der Waals surface area contributed by atoms with Crippen LogP contribution in [0.2, 0.25) is 0 Å². The molecule has 0 aliphatic heterocycles. The van der Waals surface area contributed by atoms with Gasteiger partial charge in [0.05, 0.1) is 6.10 Å². The SMILES string of the molecule is CC(C)OC(=O)N[C@@H](C)C(=O)N[C@H](CNC(=O)c1cc2ccccc2o1)C(C)C. The molecular weight excluding hydrogens is 374 g/mol. The molecule has 8 nitrogen and oxygen atoms in total. The molecule has 2 rings (SSSR count). The molecule has 0 bridgehead atoms. The lowest BCUT2D eigenvalue weighted by molar-refractivity contribution is -0.123. The zero-order valence-electron chi connectivity index (χ0n) is 17.4. The molecule has 0 radical (unpaired) electrons. The number of fused-ring (bicyclic) bond motifs is 1. The number of alkyl carbamates (subject to hydrolysis) is 1. The number of nitrogens with one attached hydrogen (secondary N) is 3. The minimum Gasteiger partial charge on any atom is -0.451 e. The summed E-state index contributed by atoms with van der Waals surface area (Å²) in [5, 5.41) is 8.98. The van der Waals surface area contributed by atoms with Crippen LogP contribution in [0.4, 0.5) is 4.79 Å². The fourth-order valence-electron chi connectivity index (χ4n) is 2.64. The van der Waals surface area contributed by atoms with Gasteiger partial charge in [-0.15, -0.1) is 0 Å². The van der Waals surface area contributed by atoms with Crippen molar-refractivity contribution in [2.24, 2.45) is 5.92 Å². The van der Waals surface area contributed by atoms with E-state index in [1.54, 1.807) is 32.9 Å². The highest BCUT2D eigenvalue weighted by atomic mass is 16.6. The van der Waals surface area contributed by atoms with Crippen LogP contribution in [0.1, 0.15) is 45.2 Å². The first kappa shape index (κ1) is 22.3. The third-order valence-electron chi connectivity index (χ3n) is 4.33. The Morgan fingerprint density at radius 1 is 1.03 bits per heavy atom. The van der Waals surface area contributed by atoms with Gasteiger partial charge in [-0.2, -0.15) is 0 Å². The number of ether oxygens (including phenoxy) is 1. The Bertz CT molecular complexity index is 826. The van der Waals surface area contributed by atoms with E-state index in [0.29, 0.717) is 5.58 Å². The van der Waals surface area contributed by atoms with Crippen LogP contribution in [0.5, 0.6) is 0 Å². The van der Waals surface area contributed by atoms with Gasteiger partial charge in [0.25, 0.3) is 5.91 Å². The number of furan rings is 1. The first-order valence-corrected chi connectivity index (χ1v) is 9.71. The van der Waals surface area contributed by atoms with E-state index in [1.807, 2.05) is 32.0 Å². The van der Waals surface area contributed by atoms with Gasteiger partial charge in [-0.3, -0.25) is 9.59 Å². The van der Waals surface area contributed by atoms with Crippen LogP contribution >= 0.6 is 0 Å². The van der Waals surface area contributed by atoms with Crippen LogP contribution in [-0.2, 0) is 9.53 Å². The number of benzene rings is 1. The Morgan fingerprint density at radius 3 is 2.34 bits per heavy atom. The molecule has 0 saturated carbocycles. The Hall–Kier alpha value is -3.03. The van der Waals surface area contributed by atoms with E-state index in [2.05, 4.69) is 16.0 Å². The molecule has 1 aromatic carbocycles. The van der Waals surface area contributed by atoms with Gasteiger partial charge in [0, 0.05) is 18.0 Å². The van der Waals surface area contributed by atoms with Gasteiger partial charge in [0.15, 0.2) is 5.76 Å². The van der Waals surface area contributed by atoms with Gasteiger partial charge in [0.1, 0.15) is 11.6 Å². The minimum absolute atomic E-state index is 0.0599. The monoisotopic (exact) mass is 403 g/mol. The molecule has 158 valence electrons. The van der Waals surface area contributed by atoms with Crippen molar-refractivity contribution in [1.29, 1.82) is 0 Å². The maximum absolute atomic E-state index is 12.4. The maximum Gasteiger partial charge on any atom is 0.408 e. The first-order chi connectivity index (χ1) is 13.7. The summed E-state index contributed by atoms with van der Waals surface area (Å²) in [6.45, 7) is 9.12. The second kappa shape index (κ2) is 9.95. The van der Waals surface area contributed by atoms with E-state index < -0.39 is 12.1 Å². The van der Waals surface area contributed by atoms with Gasteiger partial charge >= 0.3 is 6.09 Å². The minimum atomic E-state index is -0.770. The molecule has 0 fully saturated rings. The van der Waals surface area contributed by atoms with Crippen molar-refractivity contribution in [3.8, 4) is 0 Å². The molecule has 29 heavy (non-hydrogen) atoms. The van der Waals surface area contributed by atoms with Gasteiger partial charge in [-0.05, 0) is 38.8 Å². The number of amides is 3. The Labute approximate surface area is 170 Å². The fourth-order valence-corrected chi connectivity index (χ4v) is 2.64. The van der Waals surface area contributed by atoms with Gasteiger partial charge < -0.3 is 25.1 Å². The Balaban J connectivity index is 1.91. The standard InChI is InChI=1S/C21H29N3O5/c1-12(2)16(24-19(25)14(5)23-21(27)28-13(3)4)11-22-20(26)18-10-15-8-6-7-9-17(15)29-18/h6-10,12-14,16H,11H2,1-5H3,(H,22,26)(H,23,27)(H,24,25)/t14-,16+/m0/s1. The predicted molar refractivity (Wildman–Crippen MR) is 110 cm³/mol. The molecule has 0 unspecified atom stereocenters. The highest BCUT2D eigenvalue weighted by Gasteiger charge is 2.23. The van der Waals surface area contributed by atoms with E-state index in [9.17, 15) is 14.4 Å². The smallest absolute Gasteiger partial charge is 0.408 e. The summed E-state index contributed by atoms with van der Waals surface area (Å²) in [6.07, 6.45) is -0.927. The molecule has 1 heterocycles. The lowest BCUT2D eigenvalue weighted by Gasteiger charge is -2.24. The number of rotatable bonds is 8. The van der Waals surface area contributed by atoms with E-state index in [-0.39, 0.29) is 42.2 Å². The molecule has 0 saturated heterocycles. The molecule has 2 aromatic rings. The summed E-state index contributed by atoms with van der Waals surface area (Å²) >= 11 is 0. The summed E-state index contributed by atoms with van der Waals surface area (Å²) in [5.74, 6) is -0.439. The van der Waals surface area contributed by atoms with Crippen LogP contribution in [0.25, 0.3) is 11.0 Å². The zero-order chi connectivity index (χ0) is 21.6. The highest BCUT2D eigenvalue weighted by Crippen LogP contribution is 2.18. The fraction of sp³-hybridized carbons (Fsp3) is 0.476. The summed E-state index contributed by atoms with van der Waals surface area (Å²) < 4.78 is 10.5. The second-order valence-corrected chi connectivity index (χ2v) is 7.54. The van der Waals surface area contributed by atoms with Gasteiger partial charge in [-0.1, -0.05) is 32.0 Å². The number of carbonyl (C=O) groups is 3. The van der Waals surface area contributed by atoms with Crippen LogP contribution in [0.3, 0.4) is 0 Å². The van der Waals surface area contributed by atoms with Crippen LogP contribution in [0.15, 0.2) is 34.7 Å². The highest BCUT2D eigenvalue weighted by molar-refractivity contribution is 5.96. The quantitative estimate of drug-likeness (QED) is 0.628. The van der Waals surface area contributed by atoms with Crippen molar-refractivity contribution in [3.05, 3.63) is 36.1 Å². The van der Waals surface area contributed by atoms with Gasteiger partial charge in [-0.25, -0.2) is 4.79 Å². The molecule has 8 heteroatoms. The van der Waals surface area contributed by atoms with E-state index in [4.69, 9.17) is 9.15 Å². The second-order valence-electron chi connectivity index (χ2n) is 7.54. The van der Waals surface area contributed by atoms with Crippen molar-refractivity contribution in [2.75, 3.05) is 6.54 Å². The van der Waals surface area contributed by atoms with Crippen LogP contribution < -0.4 is 16.0 Å². The van der Waals surface area contributed by atoms with Crippen molar-refractivity contribution in [3.63, 3.8) is 0 Å². The van der Waals surface area contributed by atoms with Gasteiger partial charge in [0.2, 0.25) is 5.91 Å². The summed E-state index contributed by atoms with van der Waals surface area (Å²) in [5.41, 5.74) is 0.638. The number of hydrogen-bond acceptors (Lipinski definition) is 5. The molecule has 2 atom stereocenters. The van der Waals surface area contributed by atoms with Crippen LogP contribution in [0, 0.1) is 5.92 Å². The Kier molecular flexibility index (Phi) is 7.64. The predicted octanol–water partition coefficient (Wildman–Crippen LogP) is 2.83. The number of hydrogen-bond donors (Lipinski definition) is 3. The van der Waals surface area contributed by atoms with Crippen molar-refractivity contribution < 1.29 is 23.5 Å². The lowest BCUT2D eigenvalue weighted by Crippen LogP contribution is -2.53. The molecule has 0 spiro atoms. The normalized spacial score (nSPS) is 13.2. The van der Waals surface area contributed by atoms with Crippen molar-refractivity contribution in [2.45, 2.75) is 52.8 Å². The third kappa shape index (κ3) is 6.51. The zero-order valence-corrected chi connectivity index (χ0v) is 17.4. The molecule has 0 aliphatic rings. The first-order valence-electron chi connectivity index (χ1n) is 9.71. The van der Waals surface area contributed by atoms with Crippen LogP contribution in [-0.4, -0.2) is 42.6 Å². The lowest BCUT2D eigenvalue weighted by atomic mass is 10.0. The Morgan fingerprint density at radius 2 is 1.72 bits per heavy atom. The molecule has 3 N–H and O–H groups in total. The third-order valence-corrected chi connectivity index (χ3v) is 4.33. The average Bonchev–Trinajstić information content (AvgIpc) is 3.07. The van der Waals surface area contributed by atoms with E-state index in [1.165, 1.54) is 0 Å².